The average molecular weight is 899 g/mol. The summed E-state index contributed by atoms with van der Waals surface area (Å²) in [7, 11) is 0. The van der Waals surface area contributed by atoms with Gasteiger partial charge < -0.3 is 14.2 Å². The third-order valence-electron chi connectivity index (χ3n) is 10.6. The lowest BCUT2D eigenvalue weighted by Crippen LogP contribution is -2.30. The van der Waals surface area contributed by atoms with Gasteiger partial charge in [-0.3, -0.25) is 14.4 Å². The van der Waals surface area contributed by atoms with Gasteiger partial charge in [0.25, 0.3) is 0 Å². The molecule has 0 saturated heterocycles. The molecule has 1 atom stereocenters. The molecule has 0 N–H and O–H groups in total. The summed E-state index contributed by atoms with van der Waals surface area (Å²) in [6.45, 7) is 6.35. The number of hydrogen-bond donors (Lipinski definition) is 0. The molecule has 366 valence electrons. The fraction of sp³-hybridized carbons (Fsp3) is 0.610. The van der Waals surface area contributed by atoms with Gasteiger partial charge in [0.2, 0.25) is 0 Å². The molecule has 6 nitrogen and oxygen atoms in total. The standard InChI is InChI=1S/C59H94O6/c1-4-7-10-13-16-19-22-25-27-29-30-32-34-37-40-43-46-49-52-58(61)64-55-56(54-63-57(60)51-48-45-42-39-36-33-24-21-18-15-12-9-6-3)65-59(62)53-50-47-44-41-38-35-31-28-26-23-20-17-14-11-8-5-2/h9,12,15,18,21-22,24-25,27-33,35-36,38-39,42,56H,4-8,10-11,13-14,16-17,19-20,23,26,34,37,40-41,43-55H2,1-3H3/b12-9+,18-15+,24-21+,25-22+,29-27+,31-28+,32-30+,36-33+,38-35+,42-39+. The summed E-state index contributed by atoms with van der Waals surface area (Å²) in [4.78, 5) is 38.0. The summed E-state index contributed by atoms with van der Waals surface area (Å²) in [6.07, 6.45) is 71.9. The third-order valence-corrected chi connectivity index (χ3v) is 10.6. The maximum atomic E-state index is 12.8. The van der Waals surface area contributed by atoms with Crippen molar-refractivity contribution in [3.05, 3.63) is 122 Å². The lowest BCUT2D eigenvalue weighted by atomic mass is 10.1. The van der Waals surface area contributed by atoms with E-state index in [4.69, 9.17) is 14.2 Å². The Balaban J connectivity index is 4.57. The first-order valence-electron chi connectivity index (χ1n) is 26.2. The molecule has 0 rings (SSSR count). The van der Waals surface area contributed by atoms with Gasteiger partial charge in [-0.2, -0.15) is 0 Å². The molecule has 0 aromatic heterocycles. The molecule has 0 aliphatic rings. The number of rotatable bonds is 45. The van der Waals surface area contributed by atoms with Crippen LogP contribution in [0.3, 0.4) is 0 Å². The summed E-state index contributed by atoms with van der Waals surface area (Å²) in [6, 6.07) is 0. The van der Waals surface area contributed by atoms with Crippen LogP contribution in [0.1, 0.15) is 213 Å². The van der Waals surface area contributed by atoms with Crippen LogP contribution in [0, 0.1) is 0 Å². The van der Waals surface area contributed by atoms with Crippen molar-refractivity contribution >= 4 is 17.9 Å². The van der Waals surface area contributed by atoms with E-state index >= 15 is 0 Å². The topological polar surface area (TPSA) is 78.9 Å². The normalized spacial score (nSPS) is 13.1. The van der Waals surface area contributed by atoms with E-state index in [1.54, 1.807) is 0 Å². The van der Waals surface area contributed by atoms with Crippen LogP contribution in [-0.2, 0) is 28.6 Å². The fourth-order valence-electron chi connectivity index (χ4n) is 6.70. The third kappa shape index (κ3) is 50.7. The van der Waals surface area contributed by atoms with E-state index in [0.717, 1.165) is 83.5 Å². The molecule has 0 aliphatic heterocycles. The minimum absolute atomic E-state index is 0.126. The maximum Gasteiger partial charge on any atom is 0.306 e. The van der Waals surface area contributed by atoms with E-state index in [-0.39, 0.29) is 44.0 Å². The molecule has 0 fully saturated rings. The summed E-state index contributed by atoms with van der Waals surface area (Å²) in [5.74, 6) is -1.05. The monoisotopic (exact) mass is 899 g/mol. The summed E-state index contributed by atoms with van der Waals surface area (Å²) < 4.78 is 16.7. The van der Waals surface area contributed by atoms with Gasteiger partial charge in [0.1, 0.15) is 13.2 Å². The Morgan fingerprint density at radius 1 is 0.323 bits per heavy atom. The average Bonchev–Trinajstić information content (AvgIpc) is 3.30. The van der Waals surface area contributed by atoms with Crippen molar-refractivity contribution in [2.24, 2.45) is 0 Å². The molecule has 0 aromatic rings. The highest BCUT2D eigenvalue weighted by molar-refractivity contribution is 5.71. The van der Waals surface area contributed by atoms with Gasteiger partial charge in [-0.05, 0) is 83.5 Å². The molecule has 0 heterocycles. The van der Waals surface area contributed by atoms with Gasteiger partial charge in [0.05, 0.1) is 0 Å². The Morgan fingerprint density at radius 3 is 1.03 bits per heavy atom. The molecule has 0 spiro atoms. The molecule has 0 radical (unpaired) electrons. The van der Waals surface area contributed by atoms with Gasteiger partial charge >= 0.3 is 17.9 Å². The first kappa shape index (κ1) is 60.8. The zero-order valence-electron chi connectivity index (χ0n) is 41.7. The fourth-order valence-corrected chi connectivity index (χ4v) is 6.70. The first-order valence-corrected chi connectivity index (χ1v) is 26.2. The van der Waals surface area contributed by atoms with E-state index in [9.17, 15) is 14.4 Å². The minimum atomic E-state index is -0.832. The number of hydrogen-bond acceptors (Lipinski definition) is 6. The number of esters is 3. The Kier molecular flexibility index (Phi) is 49.1. The molecule has 1 unspecified atom stereocenters. The smallest absolute Gasteiger partial charge is 0.306 e. The highest BCUT2D eigenvalue weighted by atomic mass is 16.6. The van der Waals surface area contributed by atoms with Gasteiger partial charge in [0.15, 0.2) is 6.10 Å². The van der Waals surface area contributed by atoms with E-state index in [1.807, 2.05) is 54.7 Å². The van der Waals surface area contributed by atoms with Crippen LogP contribution in [0.2, 0.25) is 0 Å². The molecule has 0 aromatic carbocycles. The van der Waals surface area contributed by atoms with Crippen molar-refractivity contribution in [1.82, 2.24) is 0 Å². The number of allylic oxidation sites excluding steroid dienone is 20. The van der Waals surface area contributed by atoms with Gasteiger partial charge in [-0.1, -0.05) is 232 Å². The van der Waals surface area contributed by atoms with Crippen LogP contribution in [0.25, 0.3) is 0 Å². The van der Waals surface area contributed by atoms with E-state index in [1.165, 1.54) is 77.0 Å². The van der Waals surface area contributed by atoms with E-state index < -0.39 is 6.10 Å². The largest absolute Gasteiger partial charge is 0.462 e. The maximum absolute atomic E-state index is 12.8. The lowest BCUT2D eigenvalue weighted by molar-refractivity contribution is -0.167. The van der Waals surface area contributed by atoms with Crippen LogP contribution in [-0.4, -0.2) is 37.2 Å². The van der Waals surface area contributed by atoms with Crippen molar-refractivity contribution in [3.8, 4) is 0 Å². The number of carbonyl (C=O) groups excluding carboxylic acids is 3. The zero-order valence-corrected chi connectivity index (χ0v) is 41.7. The molecule has 0 aliphatic carbocycles. The molecular weight excluding hydrogens is 805 g/mol. The van der Waals surface area contributed by atoms with Crippen LogP contribution in [0.15, 0.2) is 122 Å². The summed E-state index contributed by atoms with van der Waals surface area (Å²) in [5, 5.41) is 0. The van der Waals surface area contributed by atoms with Crippen molar-refractivity contribution in [2.75, 3.05) is 13.2 Å². The molecule has 0 saturated carbocycles. The van der Waals surface area contributed by atoms with Gasteiger partial charge in [0, 0.05) is 19.3 Å². The first-order chi connectivity index (χ1) is 32.0. The van der Waals surface area contributed by atoms with Gasteiger partial charge in [-0.25, -0.2) is 0 Å². The van der Waals surface area contributed by atoms with Crippen LogP contribution in [0.5, 0.6) is 0 Å². The van der Waals surface area contributed by atoms with Crippen LogP contribution < -0.4 is 0 Å². The molecule has 0 amide bonds. The molecule has 65 heavy (non-hydrogen) atoms. The van der Waals surface area contributed by atoms with E-state index in [0.29, 0.717) is 19.3 Å². The highest BCUT2D eigenvalue weighted by Gasteiger charge is 2.19. The SMILES string of the molecule is CC/C=C/C=C/C=C/C=C/C=C/CCCC(=O)OCC(COC(=O)CCCCCCC/C=C/C=C/C=C/CCCCCCC)OC(=O)CCCCC/C=C/C=C/CCCCCCCCC. The van der Waals surface area contributed by atoms with Crippen LogP contribution in [0.4, 0.5) is 0 Å². The Bertz CT molecular complexity index is 1400. The molecule has 6 heteroatoms. The van der Waals surface area contributed by atoms with Crippen molar-refractivity contribution in [1.29, 1.82) is 0 Å². The number of ether oxygens (including phenoxy) is 3. The second kappa shape index (κ2) is 52.4. The summed E-state index contributed by atoms with van der Waals surface area (Å²) >= 11 is 0. The predicted octanol–water partition coefficient (Wildman–Crippen LogP) is 17.3. The second-order valence-electron chi connectivity index (χ2n) is 16.9. The molecular formula is C59H94O6. The number of unbranched alkanes of at least 4 members (excludes halogenated alkanes) is 21. The highest BCUT2D eigenvalue weighted by Crippen LogP contribution is 2.12. The van der Waals surface area contributed by atoms with E-state index in [2.05, 4.69) is 87.6 Å². The van der Waals surface area contributed by atoms with Crippen LogP contribution >= 0.6 is 0 Å². The van der Waals surface area contributed by atoms with Crippen molar-refractivity contribution < 1.29 is 28.6 Å². The number of carbonyl (C=O) groups is 3. The minimum Gasteiger partial charge on any atom is -0.462 e. The van der Waals surface area contributed by atoms with Gasteiger partial charge in [-0.15, -0.1) is 0 Å². The molecule has 0 bridgehead atoms. The Morgan fingerprint density at radius 2 is 0.615 bits per heavy atom. The zero-order chi connectivity index (χ0) is 47.2. The predicted molar refractivity (Wildman–Crippen MR) is 279 cm³/mol. The Hall–Kier alpha value is -4.19. The lowest BCUT2D eigenvalue weighted by Gasteiger charge is -2.18. The second-order valence-corrected chi connectivity index (χ2v) is 16.9. The van der Waals surface area contributed by atoms with Crippen molar-refractivity contribution in [2.45, 2.75) is 219 Å². The quantitative estimate of drug-likeness (QED) is 0.0262. The van der Waals surface area contributed by atoms with Crippen molar-refractivity contribution in [3.63, 3.8) is 0 Å². The summed E-state index contributed by atoms with van der Waals surface area (Å²) in [5.41, 5.74) is 0. The Labute approximate surface area is 399 Å².